The topological polar surface area (TPSA) is 15.3 Å². The second kappa shape index (κ2) is 5.91. The Labute approximate surface area is 132 Å². The summed E-state index contributed by atoms with van der Waals surface area (Å²) in [7, 11) is 0. The Balaban J connectivity index is 1.29. The molecule has 2 nitrogen and oxygen atoms in total. The third kappa shape index (κ3) is 2.86. The predicted molar refractivity (Wildman–Crippen MR) is 88.0 cm³/mol. The van der Waals surface area contributed by atoms with Crippen molar-refractivity contribution in [3.63, 3.8) is 0 Å². The summed E-state index contributed by atoms with van der Waals surface area (Å²) in [5.74, 6) is 0.739. The van der Waals surface area contributed by atoms with E-state index in [2.05, 4.69) is 22.3 Å². The molecule has 4 rings (SSSR count). The van der Waals surface area contributed by atoms with Crippen molar-refractivity contribution >= 4 is 11.6 Å². The highest BCUT2D eigenvalue weighted by Crippen LogP contribution is 2.38. The third-order valence-electron chi connectivity index (χ3n) is 5.79. The molecule has 2 aliphatic heterocycles. The third-order valence-corrected chi connectivity index (χ3v) is 6.04. The molecule has 1 aromatic carbocycles. The van der Waals surface area contributed by atoms with Crippen LogP contribution in [0.5, 0.6) is 0 Å². The van der Waals surface area contributed by atoms with Gasteiger partial charge in [-0.3, -0.25) is 4.90 Å². The lowest BCUT2D eigenvalue weighted by Crippen LogP contribution is -2.51. The van der Waals surface area contributed by atoms with Crippen molar-refractivity contribution in [1.82, 2.24) is 10.2 Å². The number of fused-ring (bicyclic) bond motifs is 1. The summed E-state index contributed by atoms with van der Waals surface area (Å²) in [4.78, 5) is 2.72. The molecule has 0 amide bonds. The average Bonchev–Trinajstić information content (AvgIpc) is 2.87. The first-order chi connectivity index (χ1) is 10.3. The number of halogens is 1. The number of hydrogen-bond acceptors (Lipinski definition) is 2. The highest BCUT2D eigenvalue weighted by atomic mass is 35.5. The van der Waals surface area contributed by atoms with Crippen LogP contribution in [0.4, 0.5) is 0 Å². The summed E-state index contributed by atoms with van der Waals surface area (Å²) in [6.45, 7) is 2.65. The zero-order chi connectivity index (χ0) is 14.2. The lowest BCUT2D eigenvalue weighted by Gasteiger charge is -2.40. The van der Waals surface area contributed by atoms with Crippen LogP contribution >= 0.6 is 11.6 Å². The van der Waals surface area contributed by atoms with Gasteiger partial charge >= 0.3 is 0 Å². The van der Waals surface area contributed by atoms with Gasteiger partial charge in [-0.15, -0.1) is 0 Å². The Morgan fingerprint density at radius 3 is 2.62 bits per heavy atom. The van der Waals surface area contributed by atoms with Crippen LogP contribution in [-0.4, -0.2) is 36.1 Å². The second-order valence-electron chi connectivity index (χ2n) is 7.08. The second-order valence-corrected chi connectivity index (χ2v) is 7.51. The minimum absolute atomic E-state index is 0.734. The van der Waals surface area contributed by atoms with Crippen molar-refractivity contribution in [2.75, 3.05) is 13.1 Å². The molecule has 1 aromatic rings. The van der Waals surface area contributed by atoms with Crippen LogP contribution in [-0.2, 0) is 0 Å². The van der Waals surface area contributed by atoms with E-state index < -0.39 is 0 Å². The van der Waals surface area contributed by atoms with Gasteiger partial charge in [-0.1, -0.05) is 30.2 Å². The molecular weight excluding hydrogens is 280 g/mol. The molecule has 1 aliphatic carbocycles. The van der Waals surface area contributed by atoms with Crippen LogP contribution in [0, 0.1) is 0 Å². The average molecular weight is 305 g/mol. The first-order valence-electron chi connectivity index (χ1n) is 8.55. The van der Waals surface area contributed by atoms with Gasteiger partial charge in [0.2, 0.25) is 0 Å². The van der Waals surface area contributed by atoms with E-state index in [4.69, 9.17) is 11.6 Å². The molecule has 21 heavy (non-hydrogen) atoms. The summed E-state index contributed by atoms with van der Waals surface area (Å²) in [5, 5.41) is 4.80. The van der Waals surface area contributed by atoms with Crippen LogP contribution in [0.25, 0.3) is 0 Å². The minimum atomic E-state index is 0.734. The Morgan fingerprint density at radius 1 is 1.00 bits per heavy atom. The van der Waals surface area contributed by atoms with Gasteiger partial charge in [-0.2, -0.15) is 0 Å². The molecule has 0 spiro atoms. The molecule has 2 atom stereocenters. The summed E-state index contributed by atoms with van der Waals surface area (Å²) < 4.78 is 0. The van der Waals surface area contributed by atoms with Crippen molar-refractivity contribution in [3.05, 3.63) is 34.9 Å². The number of nitrogens with one attached hydrogen (secondary N) is 1. The molecule has 2 saturated heterocycles. The van der Waals surface area contributed by atoms with Crippen LogP contribution in [0.3, 0.4) is 0 Å². The lowest BCUT2D eigenvalue weighted by molar-refractivity contribution is 0.164. The van der Waals surface area contributed by atoms with Crippen LogP contribution < -0.4 is 5.32 Å². The number of rotatable bonds is 3. The smallest absolute Gasteiger partial charge is 0.0406 e. The SMILES string of the molecule is Clc1ccc(C2CC(NC3CCN4CCCCC34)C2)cc1. The lowest BCUT2D eigenvalue weighted by atomic mass is 9.75. The number of nitrogens with zero attached hydrogens (tertiary/aromatic N) is 1. The molecule has 2 heterocycles. The molecule has 1 saturated carbocycles. The molecule has 3 aliphatic rings. The van der Waals surface area contributed by atoms with Gasteiger partial charge in [0.15, 0.2) is 0 Å². The van der Waals surface area contributed by atoms with E-state index in [9.17, 15) is 0 Å². The van der Waals surface area contributed by atoms with Crippen LogP contribution in [0.15, 0.2) is 24.3 Å². The van der Waals surface area contributed by atoms with Crippen LogP contribution in [0.1, 0.15) is 50.0 Å². The maximum absolute atomic E-state index is 5.97. The number of benzene rings is 1. The molecular formula is C18H25ClN2. The molecule has 3 heteroatoms. The summed E-state index contributed by atoms with van der Waals surface area (Å²) >= 11 is 5.97. The van der Waals surface area contributed by atoms with E-state index in [1.165, 1.54) is 57.2 Å². The van der Waals surface area contributed by atoms with Crippen molar-refractivity contribution in [3.8, 4) is 0 Å². The fourth-order valence-electron chi connectivity index (χ4n) is 4.51. The van der Waals surface area contributed by atoms with E-state index in [-0.39, 0.29) is 0 Å². The molecule has 0 radical (unpaired) electrons. The molecule has 2 unspecified atom stereocenters. The Kier molecular flexibility index (Phi) is 3.95. The van der Waals surface area contributed by atoms with E-state index in [0.29, 0.717) is 0 Å². The van der Waals surface area contributed by atoms with E-state index in [1.807, 2.05) is 12.1 Å². The fraction of sp³-hybridized carbons (Fsp3) is 0.667. The summed E-state index contributed by atoms with van der Waals surface area (Å²) in [6.07, 6.45) is 8.19. The van der Waals surface area contributed by atoms with E-state index in [0.717, 1.165) is 29.1 Å². The highest BCUT2D eigenvalue weighted by Gasteiger charge is 2.39. The first kappa shape index (κ1) is 14.0. The monoisotopic (exact) mass is 304 g/mol. The van der Waals surface area contributed by atoms with Crippen molar-refractivity contribution < 1.29 is 0 Å². The fourth-order valence-corrected chi connectivity index (χ4v) is 4.63. The molecule has 114 valence electrons. The van der Waals surface area contributed by atoms with Gasteiger partial charge in [-0.25, -0.2) is 0 Å². The Bertz CT molecular complexity index is 480. The molecule has 3 fully saturated rings. The maximum Gasteiger partial charge on any atom is 0.0406 e. The number of hydrogen-bond donors (Lipinski definition) is 1. The van der Waals surface area contributed by atoms with Crippen molar-refractivity contribution in [1.29, 1.82) is 0 Å². The van der Waals surface area contributed by atoms with Gasteiger partial charge in [0.25, 0.3) is 0 Å². The zero-order valence-corrected chi connectivity index (χ0v) is 13.4. The molecule has 1 N–H and O–H groups in total. The Morgan fingerprint density at radius 2 is 1.81 bits per heavy atom. The van der Waals surface area contributed by atoms with Crippen LogP contribution in [0.2, 0.25) is 5.02 Å². The van der Waals surface area contributed by atoms with Crippen molar-refractivity contribution in [2.45, 2.75) is 62.6 Å². The van der Waals surface area contributed by atoms with Gasteiger partial charge in [-0.05, 0) is 62.3 Å². The maximum atomic E-state index is 5.97. The summed E-state index contributed by atoms with van der Waals surface area (Å²) in [6, 6.07) is 10.7. The number of piperidine rings is 1. The van der Waals surface area contributed by atoms with E-state index >= 15 is 0 Å². The Hall–Kier alpha value is -0.570. The van der Waals surface area contributed by atoms with Gasteiger partial charge in [0, 0.05) is 29.7 Å². The quantitative estimate of drug-likeness (QED) is 0.913. The van der Waals surface area contributed by atoms with Gasteiger partial charge in [0.05, 0.1) is 0 Å². The predicted octanol–water partition coefficient (Wildman–Crippen LogP) is 3.80. The standard InChI is InChI=1S/C18H25ClN2/c19-15-6-4-13(5-7-15)14-11-16(12-14)20-17-8-10-21-9-2-1-3-18(17)21/h4-7,14,16-18,20H,1-3,8-12H2. The molecule has 0 aromatic heterocycles. The minimum Gasteiger partial charge on any atom is -0.310 e. The van der Waals surface area contributed by atoms with Gasteiger partial charge in [0.1, 0.15) is 0 Å². The highest BCUT2D eigenvalue weighted by molar-refractivity contribution is 6.30. The normalized spacial score (nSPS) is 36.2. The first-order valence-corrected chi connectivity index (χ1v) is 8.93. The largest absolute Gasteiger partial charge is 0.310 e. The van der Waals surface area contributed by atoms with E-state index in [1.54, 1.807) is 0 Å². The van der Waals surface area contributed by atoms with Gasteiger partial charge < -0.3 is 5.32 Å². The summed E-state index contributed by atoms with van der Waals surface area (Å²) in [5.41, 5.74) is 1.46. The molecule has 0 bridgehead atoms. The zero-order valence-electron chi connectivity index (χ0n) is 12.6. The van der Waals surface area contributed by atoms with Crippen molar-refractivity contribution in [2.24, 2.45) is 0 Å².